The normalized spacial score (nSPS) is 19.4. The summed E-state index contributed by atoms with van der Waals surface area (Å²) in [5, 5.41) is 11.7. The van der Waals surface area contributed by atoms with E-state index >= 15 is 0 Å². The van der Waals surface area contributed by atoms with Crippen LogP contribution in [0.25, 0.3) is 0 Å². The molecule has 6 nitrogen and oxygen atoms in total. The second-order valence-electron chi connectivity index (χ2n) is 4.87. The highest BCUT2D eigenvalue weighted by Crippen LogP contribution is 2.19. The zero-order valence-corrected chi connectivity index (χ0v) is 12.0. The Morgan fingerprint density at radius 1 is 1.52 bits per heavy atom. The number of piperazine rings is 1. The second-order valence-corrected chi connectivity index (χ2v) is 4.87. The Kier molecular flexibility index (Phi) is 4.43. The van der Waals surface area contributed by atoms with E-state index in [-0.39, 0.29) is 11.8 Å². The van der Waals surface area contributed by atoms with Crippen molar-refractivity contribution in [3.63, 3.8) is 0 Å². The Balaban J connectivity index is 2.09. The van der Waals surface area contributed by atoms with Crippen molar-refractivity contribution >= 4 is 11.8 Å². The predicted molar refractivity (Wildman–Crippen MR) is 75.4 cm³/mol. The van der Waals surface area contributed by atoms with Crippen LogP contribution in [0.5, 0.6) is 5.75 Å². The van der Waals surface area contributed by atoms with Gasteiger partial charge in [-0.2, -0.15) is 5.26 Å². The number of benzene rings is 1. The van der Waals surface area contributed by atoms with Crippen LogP contribution in [0.2, 0.25) is 0 Å². The Morgan fingerprint density at radius 3 is 2.95 bits per heavy atom. The first-order valence-corrected chi connectivity index (χ1v) is 6.78. The van der Waals surface area contributed by atoms with E-state index in [1.54, 1.807) is 38.1 Å². The highest BCUT2D eigenvalue weighted by atomic mass is 16.5. The second kappa shape index (κ2) is 6.27. The standard InChI is InChI=1S/C15H17N3O3/c1-10-14(19)17-7-8-18(10)15(20)11(2)21-13-6-4-3-5-12(13)9-16/h3-6,10-11H,7-8H2,1-2H3,(H,17,19). The number of para-hydroxylation sites is 1. The van der Waals surface area contributed by atoms with Crippen molar-refractivity contribution in [2.45, 2.75) is 26.0 Å². The van der Waals surface area contributed by atoms with Gasteiger partial charge in [-0.3, -0.25) is 9.59 Å². The van der Waals surface area contributed by atoms with E-state index < -0.39 is 12.1 Å². The van der Waals surface area contributed by atoms with E-state index in [0.29, 0.717) is 24.4 Å². The van der Waals surface area contributed by atoms with Crippen molar-refractivity contribution < 1.29 is 14.3 Å². The van der Waals surface area contributed by atoms with E-state index in [1.165, 1.54) is 4.90 Å². The van der Waals surface area contributed by atoms with Crippen molar-refractivity contribution in [2.75, 3.05) is 13.1 Å². The lowest BCUT2D eigenvalue weighted by Gasteiger charge is -2.34. The molecule has 0 aromatic heterocycles. The zero-order valence-electron chi connectivity index (χ0n) is 12.0. The average Bonchev–Trinajstić information content (AvgIpc) is 2.50. The minimum Gasteiger partial charge on any atom is -0.480 e. The van der Waals surface area contributed by atoms with Crippen molar-refractivity contribution in [2.24, 2.45) is 0 Å². The van der Waals surface area contributed by atoms with E-state index in [9.17, 15) is 9.59 Å². The van der Waals surface area contributed by atoms with Crippen molar-refractivity contribution in [1.29, 1.82) is 5.26 Å². The lowest BCUT2D eigenvalue weighted by molar-refractivity contribution is -0.147. The molecule has 1 heterocycles. The van der Waals surface area contributed by atoms with Crippen LogP contribution in [-0.2, 0) is 9.59 Å². The summed E-state index contributed by atoms with van der Waals surface area (Å²) in [4.78, 5) is 25.5. The number of hydrogen-bond donors (Lipinski definition) is 1. The van der Waals surface area contributed by atoms with Crippen LogP contribution in [0.1, 0.15) is 19.4 Å². The third-order valence-electron chi connectivity index (χ3n) is 3.44. The first-order valence-electron chi connectivity index (χ1n) is 6.78. The molecule has 1 aliphatic rings. The molecule has 1 N–H and O–H groups in total. The third-order valence-corrected chi connectivity index (χ3v) is 3.44. The molecule has 0 bridgehead atoms. The van der Waals surface area contributed by atoms with Gasteiger partial charge in [-0.25, -0.2) is 0 Å². The van der Waals surface area contributed by atoms with Crippen molar-refractivity contribution in [1.82, 2.24) is 10.2 Å². The Hall–Kier alpha value is -2.55. The predicted octanol–water partition coefficient (Wildman–Crippen LogP) is 0.672. The van der Waals surface area contributed by atoms with Crippen LogP contribution in [0.3, 0.4) is 0 Å². The molecule has 0 radical (unpaired) electrons. The number of nitrogens with one attached hydrogen (secondary N) is 1. The maximum atomic E-state index is 12.4. The van der Waals surface area contributed by atoms with E-state index in [1.807, 2.05) is 6.07 Å². The van der Waals surface area contributed by atoms with Gasteiger partial charge >= 0.3 is 0 Å². The molecular weight excluding hydrogens is 270 g/mol. The SMILES string of the molecule is CC(Oc1ccccc1C#N)C(=O)N1CCNC(=O)C1C. The molecule has 2 atom stereocenters. The van der Waals surface area contributed by atoms with Gasteiger partial charge in [0.15, 0.2) is 6.10 Å². The van der Waals surface area contributed by atoms with Gasteiger partial charge in [0.1, 0.15) is 17.9 Å². The summed E-state index contributed by atoms with van der Waals surface area (Å²) in [6.07, 6.45) is -0.757. The number of nitrogens with zero attached hydrogens (tertiary/aromatic N) is 2. The van der Waals surface area contributed by atoms with Gasteiger partial charge in [-0.05, 0) is 26.0 Å². The van der Waals surface area contributed by atoms with Crippen LogP contribution in [0.15, 0.2) is 24.3 Å². The summed E-state index contributed by atoms with van der Waals surface area (Å²) in [7, 11) is 0. The lowest BCUT2D eigenvalue weighted by Crippen LogP contribution is -2.58. The molecule has 1 aromatic rings. The molecule has 1 aromatic carbocycles. The Labute approximate surface area is 123 Å². The van der Waals surface area contributed by atoms with Crippen LogP contribution >= 0.6 is 0 Å². The Morgan fingerprint density at radius 2 is 2.24 bits per heavy atom. The lowest BCUT2D eigenvalue weighted by atomic mass is 10.1. The molecule has 1 aliphatic heterocycles. The first kappa shape index (κ1) is 14.9. The van der Waals surface area contributed by atoms with Gasteiger partial charge in [-0.1, -0.05) is 12.1 Å². The van der Waals surface area contributed by atoms with Crippen molar-refractivity contribution in [3.05, 3.63) is 29.8 Å². The summed E-state index contributed by atoms with van der Waals surface area (Å²) < 4.78 is 5.59. The van der Waals surface area contributed by atoms with Crippen LogP contribution in [0, 0.1) is 11.3 Å². The topological polar surface area (TPSA) is 82.4 Å². The average molecular weight is 287 g/mol. The zero-order chi connectivity index (χ0) is 15.4. The fraction of sp³-hybridized carbons (Fsp3) is 0.400. The molecule has 0 aliphatic carbocycles. The minimum atomic E-state index is -0.757. The molecule has 110 valence electrons. The van der Waals surface area contributed by atoms with Gasteiger partial charge in [0.2, 0.25) is 5.91 Å². The van der Waals surface area contributed by atoms with Crippen molar-refractivity contribution in [3.8, 4) is 11.8 Å². The molecule has 1 saturated heterocycles. The molecule has 21 heavy (non-hydrogen) atoms. The van der Waals surface area contributed by atoms with Crippen LogP contribution < -0.4 is 10.1 Å². The maximum Gasteiger partial charge on any atom is 0.264 e. The van der Waals surface area contributed by atoms with Gasteiger partial charge in [0, 0.05) is 13.1 Å². The van der Waals surface area contributed by atoms with Gasteiger partial charge in [-0.15, -0.1) is 0 Å². The number of amides is 2. The number of carbonyl (C=O) groups excluding carboxylic acids is 2. The van der Waals surface area contributed by atoms with Gasteiger partial charge in [0.25, 0.3) is 5.91 Å². The highest BCUT2D eigenvalue weighted by molar-refractivity contribution is 5.90. The quantitative estimate of drug-likeness (QED) is 0.886. The summed E-state index contributed by atoms with van der Waals surface area (Å²) in [5.74, 6) is -0.0562. The molecule has 2 rings (SSSR count). The smallest absolute Gasteiger partial charge is 0.264 e. The van der Waals surface area contributed by atoms with Gasteiger partial charge < -0.3 is 15.0 Å². The van der Waals surface area contributed by atoms with Gasteiger partial charge in [0.05, 0.1) is 5.56 Å². The molecule has 2 unspecified atom stereocenters. The number of ether oxygens (including phenoxy) is 1. The number of hydrogen-bond acceptors (Lipinski definition) is 4. The molecule has 0 spiro atoms. The largest absolute Gasteiger partial charge is 0.480 e. The summed E-state index contributed by atoms with van der Waals surface area (Å²) in [6, 6.07) is 8.26. The fourth-order valence-corrected chi connectivity index (χ4v) is 2.22. The Bertz CT molecular complexity index is 594. The highest BCUT2D eigenvalue weighted by Gasteiger charge is 2.32. The molecule has 2 amide bonds. The summed E-state index contributed by atoms with van der Waals surface area (Å²) >= 11 is 0. The van der Waals surface area contributed by atoms with Crippen LogP contribution in [0.4, 0.5) is 0 Å². The molecule has 6 heteroatoms. The first-order chi connectivity index (χ1) is 10.0. The maximum absolute atomic E-state index is 12.4. The molecular formula is C15H17N3O3. The molecule has 1 fully saturated rings. The number of carbonyl (C=O) groups is 2. The third kappa shape index (κ3) is 3.14. The van der Waals surface area contributed by atoms with E-state index in [0.717, 1.165) is 0 Å². The summed E-state index contributed by atoms with van der Waals surface area (Å²) in [5.41, 5.74) is 0.376. The van der Waals surface area contributed by atoms with Crippen LogP contribution in [-0.4, -0.2) is 41.9 Å². The summed E-state index contributed by atoms with van der Waals surface area (Å²) in [6.45, 7) is 4.20. The number of rotatable bonds is 3. The minimum absolute atomic E-state index is 0.167. The fourth-order valence-electron chi connectivity index (χ4n) is 2.22. The van der Waals surface area contributed by atoms with E-state index in [4.69, 9.17) is 10.00 Å². The molecule has 0 saturated carbocycles. The van der Waals surface area contributed by atoms with E-state index in [2.05, 4.69) is 5.32 Å². The monoisotopic (exact) mass is 287 g/mol. The number of nitriles is 1.